The van der Waals surface area contributed by atoms with Gasteiger partial charge in [-0.2, -0.15) is 5.10 Å². The average molecular weight is 323 g/mol. The Kier molecular flexibility index (Phi) is 5.41. The summed E-state index contributed by atoms with van der Waals surface area (Å²) < 4.78 is 6.63. The van der Waals surface area contributed by atoms with Crippen LogP contribution in [0.3, 0.4) is 0 Å². The largest absolute Gasteiger partial charge is 0.481 e. The summed E-state index contributed by atoms with van der Waals surface area (Å²) in [5, 5.41) is 14.0. The molecule has 1 aliphatic rings. The molecule has 1 atom stereocenters. The zero-order valence-corrected chi connectivity index (χ0v) is 14.0. The summed E-state index contributed by atoms with van der Waals surface area (Å²) in [4.78, 5) is 26.2. The van der Waals surface area contributed by atoms with Crippen LogP contribution in [-0.4, -0.2) is 58.5 Å². The molecule has 0 radical (unpaired) electrons. The first-order chi connectivity index (χ1) is 10.9. The normalized spacial score (nSPS) is 21.4. The van der Waals surface area contributed by atoms with Gasteiger partial charge in [-0.15, -0.1) is 0 Å². The van der Waals surface area contributed by atoms with E-state index in [0.717, 1.165) is 12.1 Å². The average Bonchev–Trinajstić information content (AvgIpc) is 2.93. The Labute approximate surface area is 136 Å². The zero-order chi connectivity index (χ0) is 17.0. The van der Waals surface area contributed by atoms with Gasteiger partial charge >= 0.3 is 5.97 Å². The van der Waals surface area contributed by atoms with Gasteiger partial charge in [0.05, 0.1) is 11.1 Å². The number of likely N-dealkylation sites (tertiary alicyclic amines) is 1. The first-order valence-corrected chi connectivity index (χ1v) is 7.98. The summed E-state index contributed by atoms with van der Waals surface area (Å²) in [7, 11) is 3.30. The van der Waals surface area contributed by atoms with Gasteiger partial charge in [-0.05, 0) is 31.7 Å². The zero-order valence-electron chi connectivity index (χ0n) is 14.0. The lowest BCUT2D eigenvalue weighted by molar-refractivity contribution is -0.153. The number of carbonyl (C=O) groups excluding carboxylic acids is 1. The van der Waals surface area contributed by atoms with Gasteiger partial charge < -0.3 is 14.7 Å². The van der Waals surface area contributed by atoms with Crippen molar-refractivity contribution in [1.29, 1.82) is 0 Å². The molecule has 128 valence electrons. The van der Waals surface area contributed by atoms with E-state index in [1.165, 1.54) is 0 Å². The minimum atomic E-state index is -0.921. The molecule has 7 heteroatoms. The lowest BCUT2D eigenvalue weighted by Crippen LogP contribution is -2.50. The molecule has 0 spiro atoms. The van der Waals surface area contributed by atoms with Crippen molar-refractivity contribution in [1.82, 2.24) is 14.7 Å². The van der Waals surface area contributed by atoms with Crippen LogP contribution < -0.4 is 0 Å². The van der Waals surface area contributed by atoms with Crippen molar-refractivity contribution in [3.05, 3.63) is 17.5 Å². The number of amides is 1. The first-order valence-electron chi connectivity index (χ1n) is 7.98. The molecule has 1 amide bonds. The number of ether oxygens (including phenoxy) is 1. The van der Waals surface area contributed by atoms with E-state index >= 15 is 0 Å². The molecule has 0 aliphatic carbocycles. The third kappa shape index (κ3) is 3.55. The number of aryl methyl sites for hydroxylation is 2. The molecule has 23 heavy (non-hydrogen) atoms. The third-order valence-electron chi connectivity index (χ3n) is 4.61. The van der Waals surface area contributed by atoms with Crippen LogP contribution in [-0.2, 0) is 23.0 Å². The van der Waals surface area contributed by atoms with Crippen LogP contribution in [0.4, 0.5) is 0 Å². The summed E-state index contributed by atoms with van der Waals surface area (Å²) in [6.45, 7) is 3.16. The Morgan fingerprint density at radius 2 is 2.22 bits per heavy atom. The lowest BCUT2D eigenvalue weighted by atomic mass is 9.77. The van der Waals surface area contributed by atoms with Gasteiger partial charge in [0.2, 0.25) is 0 Å². The predicted molar refractivity (Wildman–Crippen MR) is 84.3 cm³/mol. The number of rotatable bonds is 6. The van der Waals surface area contributed by atoms with Crippen LogP contribution in [0.2, 0.25) is 0 Å². The van der Waals surface area contributed by atoms with Crippen molar-refractivity contribution >= 4 is 11.9 Å². The second kappa shape index (κ2) is 7.12. The number of piperidine rings is 1. The predicted octanol–water partition coefficient (Wildman–Crippen LogP) is 1.33. The number of hydrogen-bond acceptors (Lipinski definition) is 4. The van der Waals surface area contributed by atoms with E-state index in [0.29, 0.717) is 38.1 Å². The Morgan fingerprint density at radius 1 is 1.48 bits per heavy atom. The molecule has 7 nitrogen and oxygen atoms in total. The van der Waals surface area contributed by atoms with E-state index in [1.807, 2.05) is 6.92 Å². The highest BCUT2D eigenvalue weighted by Crippen LogP contribution is 2.34. The first kappa shape index (κ1) is 17.5. The molecule has 1 aromatic rings. The third-order valence-corrected chi connectivity index (χ3v) is 4.61. The van der Waals surface area contributed by atoms with Gasteiger partial charge in [0, 0.05) is 33.9 Å². The number of aromatic nitrogens is 2. The second-order valence-corrected chi connectivity index (χ2v) is 6.16. The molecule has 0 bridgehead atoms. The summed E-state index contributed by atoms with van der Waals surface area (Å²) >= 11 is 0. The number of hydrogen-bond donors (Lipinski definition) is 1. The highest BCUT2D eigenvalue weighted by Gasteiger charge is 2.43. The number of aliphatic carboxylic acids is 1. The maximum atomic E-state index is 12.8. The van der Waals surface area contributed by atoms with Crippen molar-refractivity contribution in [2.75, 3.05) is 26.8 Å². The highest BCUT2D eigenvalue weighted by atomic mass is 16.5. The summed E-state index contributed by atoms with van der Waals surface area (Å²) in [5.74, 6) is -1.01. The van der Waals surface area contributed by atoms with Crippen LogP contribution in [0, 0.1) is 5.41 Å². The standard InChI is InChI=1S/C16H25N3O4/c1-4-12-10-13(18(2)17-12)14(20)19-8-5-6-16(11-19,15(21)22)7-9-23-3/h10H,4-9,11H2,1-3H3,(H,21,22)/t16-/m0/s1. The molecular formula is C16H25N3O4. The molecule has 1 fully saturated rings. The smallest absolute Gasteiger partial charge is 0.311 e. The van der Waals surface area contributed by atoms with Crippen molar-refractivity contribution < 1.29 is 19.4 Å². The van der Waals surface area contributed by atoms with Crippen molar-refractivity contribution in [3.63, 3.8) is 0 Å². The molecule has 1 N–H and O–H groups in total. The number of nitrogens with zero attached hydrogens (tertiary/aromatic N) is 3. The molecular weight excluding hydrogens is 298 g/mol. The van der Waals surface area contributed by atoms with Gasteiger partial charge in [-0.25, -0.2) is 0 Å². The van der Waals surface area contributed by atoms with E-state index in [2.05, 4.69) is 5.10 Å². The molecule has 2 rings (SSSR count). The van der Waals surface area contributed by atoms with Crippen LogP contribution in [0.1, 0.15) is 42.4 Å². The van der Waals surface area contributed by atoms with E-state index in [4.69, 9.17) is 4.74 Å². The maximum absolute atomic E-state index is 12.8. The Balaban J connectivity index is 2.20. The van der Waals surface area contributed by atoms with Crippen LogP contribution in [0.15, 0.2) is 6.07 Å². The summed E-state index contributed by atoms with van der Waals surface area (Å²) in [5.41, 5.74) is 0.447. The Bertz CT molecular complexity index is 584. The Morgan fingerprint density at radius 3 is 2.78 bits per heavy atom. The summed E-state index contributed by atoms with van der Waals surface area (Å²) in [6.07, 6.45) is 2.42. The number of carboxylic acid groups (broad SMARTS) is 1. The number of carboxylic acids is 1. The topological polar surface area (TPSA) is 84.7 Å². The van der Waals surface area contributed by atoms with Crippen molar-refractivity contribution in [2.24, 2.45) is 12.5 Å². The SMILES string of the molecule is CCc1cc(C(=O)N2CCC[C@@](CCOC)(C(=O)O)C2)n(C)n1. The van der Waals surface area contributed by atoms with E-state index in [1.54, 1.807) is 29.8 Å². The molecule has 0 aromatic carbocycles. The minimum Gasteiger partial charge on any atom is -0.481 e. The molecule has 1 aromatic heterocycles. The number of carbonyl (C=O) groups is 2. The monoisotopic (exact) mass is 323 g/mol. The van der Waals surface area contributed by atoms with Gasteiger partial charge in [-0.3, -0.25) is 14.3 Å². The quantitative estimate of drug-likeness (QED) is 0.853. The summed E-state index contributed by atoms with van der Waals surface area (Å²) in [6, 6.07) is 1.79. The lowest BCUT2D eigenvalue weighted by Gasteiger charge is -2.39. The van der Waals surface area contributed by atoms with Crippen LogP contribution in [0.25, 0.3) is 0 Å². The second-order valence-electron chi connectivity index (χ2n) is 6.16. The molecule has 1 aliphatic heterocycles. The number of methoxy groups -OCH3 is 1. The molecule has 0 unspecified atom stereocenters. The Hall–Kier alpha value is -1.89. The van der Waals surface area contributed by atoms with E-state index in [-0.39, 0.29) is 12.5 Å². The van der Waals surface area contributed by atoms with Crippen molar-refractivity contribution in [2.45, 2.75) is 32.6 Å². The van der Waals surface area contributed by atoms with Crippen molar-refractivity contribution in [3.8, 4) is 0 Å². The van der Waals surface area contributed by atoms with E-state index in [9.17, 15) is 14.7 Å². The van der Waals surface area contributed by atoms with Gasteiger partial charge in [0.1, 0.15) is 5.69 Å². The van der Waals surface area contributed by atoms with Crippen LogP contribution >= 0.6 is 0 Å². The van der Waals surface area contributed by atoms with Crippen LogP contribution in [0.5, 0.6) is 0 Å². The van der Waals surface area contributed by atoms with Gasteiger partial charge in [0.15, 0.2) is 0 Å². The maximum Gasteiger partial charge on any atom is 0.311 e. The molecule has 1 saturated heterocycles. The van der Waals surface area contributed by atoms with Gasteiger partial charge in [0.25, 0.3) is 5.91 Å². The molecule has 0 saturated carbocycles. The fourth-order valence-electron chi connectivity index (χ4n) is 3.15. The van der Waals surface area contributed by atoms with E-state index < -0.39 is 11.4 Å². The highest BCUT2D eigenvalue weighted by molar-refractivity contribution is 5.93. The fraction of sp³-hybridized carbons (Fsp3) is 0.688. The fourth-order valence-corrected chi connectivity index (χ4v) is 3.15. The molecule has 2 heterocycles. The van der Waals surface area contributed by atoms with Gasteiger partial charge in [-0.1, -0.05) is 6.92 Å². The minimum absolute atomic E-state index is 0.151.